The molecule has 0 amide bonds. The molecule has 0 aromatic heterocycles. The van der Waals surface area contributed by atoms with Crippen LogP contribution in [0.25, 0.3) is 0 Å². The second kappa shape index (κ2) is 5.37. The van der Waals surface area contributed by atoms with E-state index in [1.165, 1.54) is 58.2 Å². The molecule has 3 fully saturated rings. The number of rotatable bonds is 2. The van der Waals surface area contributed by atoms with Crippen LogP contribution in [0.5, 0.6) is 0 Å². The average Bonchev–Trinajstić information content (AvgIpc) is 3.16. The quantitative estimate of drug-likeness (QED) is 0.823. The summed E-state index contributed by atoms with van der Waals surface area (Å²) in [5.41, 5.74) is 0.402. The third kappa shape index (κ3) is 3.00. The highest BCUT2D eigenvalue weighted by atomic mass is 15.2. The van der Waals surface area contributed by atoms with Crippen molar-refractivity contribution < 1.29 is 0 Å². The van der Waals surface area contributed by atoms with Crippen LogP contribution >= 0.6 is 0 Å². The molecule has 19 heavy (non-hydrogen) atoms. The largest absolute Gasteiger partial charge is 0.310 e. The summed E-state index contributed by atoms with van der Waals surface area (Å²) in [6, 6.07) is 0.856. The zero-order valence-corrected chi connectivity index (χ0v) is 13.1. The van der Waals surface area contributed by atoms with E-state index in [-0.39, 0.29) is 0 Å². The monoisotopic (exact) mass is 264 g/mol. The maximum atomic E-state index is 3.87. The third-order valence-corrected chi connectivity index (χ3v) is 6.02. The molecule has 1 aliphatic heterocycles. The van der Waals surface area contributed by atoms with E-state index in [1.807, 2.05) is 0 Å². The van der Waals surface area contributed by atoms with E-state index < -0.39 is 0 Å². The van der Waals surface area contributed by atoms with Crippen LogP contribution in [-0.2, 0) is 0 Å². The highest BCUT2D eigenvalue weighted by molar-refractivity contribution is 5.02. The second-order valence-corrected chi connectivity index (χ2v) is 7.91. The lowest BCUT2D eigenvalue weighted by Gasteiger charge is -2.43. The maximum Gasteiger partial charge on any atom is 0.0308 e. The molecule has 2 heteroatoms. The first-order valence-corrected chi connectivity index (χ1v) is 8.57. The molecule has 0 spiro atoms. The first-order valence-electron chi connectivity index (χ1n) is 8.57. The molecular formula is C17H32N2. The van der Waals surface area contributed by atoms with Crippen molar-refractivity contribution in [3.05, 3.63) is 0 Å². The summed E-state index contributed by atoms with van der Waals surface area (Å²) in [5, 5.41) is 3.87. The van der Waals surface area contributed by atoms with Crippen LogP contribution in [0, 0.1) is 17.8 Å². The summed E-state index contributed by atoms with van der Waals surface area (Å²) >= 11 is 0. The molecule has 0 bridgehead atoms. The minimum Gasteiger partial charge on any atom is -0.310 e. The highest BCUT2D eigenvalue weighted by Crippen LogP contribution is 2.42. The van der Waals surface area contributed by atoms with Crippen molar-refractivity contribution in [1.29, 1.82) is 0 Å². The minimum absolute atomic E-state index is 0.402. The van der Waals surface area contributed by atoms with E-state index in [4.69, 9.17) is 0 Å². The fraction of sp³-hybridized carbons (Fsp3) is 1.00. The molecule has 1 N–H and O–H groups in total. The average molecular weight is 264 g/mol. The van der Waals surface area contributed by atoms with Crippen LogP contribution in [0.15, 0.2) is 0 Å². The van der Waals surface area contributed by atoms with Crippen molar-refractivity contribution in [1.82, 2.24) is 10.2 Å². The lowest BCUT2D eigenvalue weighted by molar-refractivity contribution is 0.0741. The summed E-state index contributed by atoms with van der Waals surface area (Å²) in [7, 11) is 0. The summed E-state index contributed by atoms with van der Waals surface area (Å²) in [6.45, 7) is 11.2. The van der Waals surface area contributed by atoms with E-state index in [0.717, 1.165) is 23.8 Å². The van der Waals surface area contributed by atoms with Gasteiger partial charge < -0.3 is 5.32 Å². The minimum atomic E-state index is 0.402. The summed E-state index contributed by atoms with van der Waals surface area (Å²) < 4.78 is 0. The fourth-order valence-electron chi connectivity index (χ4n) is 4.68. The van der Waals surface area contributed by atoms with Gasteiger partial charge in [0.05, 0.1) is 0 Å². The molecule has 0 aromatic carbocycles. The van der Waals surface area contributed by atoms with E-state index in [9.17, 15) is 0 Å². The number of hydrogen-bond donors (Lipinski definition) is 1. The number of hydrogen-bond acceptors (Lipinski definition) is 2. The topological polar surface area (TPSA) is 15.3 Å². The van der Waals surface area contributed by atoms with Gasteiger partial charge in [-0.05, 0) is 76.3 Å². The molecule has 110 valence electrons. The van der Waals surface area contributed by atoms with Gasteiger partial charge in [0, 0.05) is 18.1 Å². The van der Waals surface area contributed by atoms with Gasteiger partial charge in [-0.2, -0.15) is 0 Å². The Hall–Kier alpha value is -0.0800. The lowest BCUT2D eigenvalue weighted by Crippen LogP contribution is -2.54. The predicted molar refractivity (Wildman–Crippen MR) is 81.3 cm³/mol. The predicted octanol–water partition coefficient (Wildman–Crippen LogP) is 3.28. The van der Waals surface area contributed by atoms with Crippen LogP contribution in [0.1, 0.15) is 59.3 Å². The molecule has 3 rings (SSSR count). The third-order valence-electron chi connectivity index (χ3n) is 6.02. The van der Waals surface area contributed by atoms with Crippen molar-refractivity contribution in [2.24, 2.45) is 17.8 Å². The van der Waals surface area contributed by atoms with Crippen molar-refractivity contribution >= 4 is 0 Å². The Morgan fingerprint density at radius 1 is 1.11 bits per heavy atom. The Balaban J connectivity index is 1.68. The van der Waals surface area contributed by atoms with Gasteiger partial charge in [0.2, 0.25) is 0 Å². The van der Waals surface area contributed by atoms with Gasteiger partial charge in [0.25, 0.3) is 0 Å². The van der Waals surface area contributed by atoms with Crippen LogP contribution in [0.4, 0.5) is 0 Å². The van der Waals surface area contributed by atoms with Crippen LogP contribution in [-0.4, -0.2) is 36.1 Å². The van der Waals surface area contributed by atoms with Crippen molar-refractivity contribution in [3.63, 3.8) is 0 Å². The smallest absolute Gasteiger partial charge is 0.0308 e. The van der Waals surface area contributed by atoms with Crippen LogP contribution in [0.2, 0.25) is 0 Å². The molecule has 2 saturated carbocycles. The van der Waals surface area contributed by atoms with Crippen LogP contribution < -0.4 is 5.32 Å². The van der Waals surface area contributed by atoms with E-state index >= 15 is 0 Å². The van der Waals surface area contributed by atoms with E-state index in [0.29, 0.717) is 5.54 Å². The van der Waals surface area contributed by atoms with Crippen LogP contribution in [0.3, 0.4) is 0 Å². The molecular weight excluding hydrogens is 232 g/mol. The molecule has 4 atom stereocenters. The molecule has 0 radical (unpaired) electrons. The Bertz CT molecular complexity index is 312. The standard InChI is InChI=1S/C17H32N2/c1-13-5-8-16(14(2)11-13)19-10-4-9-18-17(3,12-19)15-6-7-15/h13-16,18H,4-12H2,1-3H3. The maximum absolute atomic E-state index is 3.87. The van der Waals surface area contributed by atoms with Gasteiger partial charge in [-0.3, -0.25) is 4.90 Å². The van der Waals surface area contributed by atoms with Gasteiger partial charge in [-0.1, -0.05) is 13.8 Å². The molecule has 1 heterocycles. The van der Waals surface area contributed by atoms with Gasteiger partial charge in [0.1, 0.15) is 0 Å². The normalized spacial score (nSPS) is 45.9. The summed E-state index contributed by atoms with van der Waals surface area (Å²) in [4.78, 5) is 2.86. The first kappa shape index (κ1) is 13.9. The number of nitrogens with one attached hydrogen (secondary N) is 1. The van der Waals surface area contributed by atoms with Gasteiger partial charge in [0.15, 0.2) is 0 Å². The van der Waals surface area contributed by atoms with E-state index in [1.54, 1.807) is 0 Å². The molecule has 2 aliphatic carbocycles. The van der Waals surface area contributed by atoms with Crippen molar-refractivity contribution in [2.45, 2.75) is 70.9 Å². The van der Waals surface area contributed by atoms with Gasteiger partial charge in [-0.25, -0.2) is 0 Å². The fourth-order valence-corrected chi connectivity index (χ4v) is 4.68. The highest BCUT2D eigenvalue weighted by Gasteiger charge is 2.44. The SMILES string of the molecule is CC1CCC(N2CCCNC(C)(C3CC3)C2)C(C)C1. The zero-order valence-electron chi connectivity index (χ0n) is 13.1. The molecule has 2 nitrogen and oxygen atoms in total. The summed E-state index contributed by atoms with van der Waals surface area (Å²) in [6.07, 6.45) is 8.56. The van der Waals surface area contributed by atoms with Gasteiger partial charge >= 0.3 is 0 Å². The Labute approximate surface area is 119 Å². The molecule has 3 aliphatic rings. The van der Waals surface area contributed by atoms with Crippen molar-refractivity contribution in [2.75, 3.05) is 19.6 Å². The van der Waals surface area contributed by atoms with Crippen molar-refractivity contribution in [3.8, 4) is 0 Å². The number of nitrogens with zero attached hydrogens (tertiary/aromatic N) is 1. The second-order valence-electron chi connectivity index (χ2n) is 7.91. The Morgan fingerprint density at radius 3 is 2.58 bits per heavy atom. The Kier molecular flexibility index (Phi) is 3.92. The summed E-state index contributed by atoms with van der Waals surface area (Å²) in [5.74, 6) is 2.79. The lowest BCUT2D eigenvalue weighted by atomic mass is 9.78. The molecule has 4 unspecified atom stereocenters. The Morgan fingerprint density at radius 2 is 1.89 bits per heavy atom. The van der Waals surface area contributed by atoms with E-state index in [2.05, 4.69) is 31.0 Å². The molecule has 1 saturated heterocycles. The first-order chi connectivity index (χ1) is 9.08. The zero-order chi connectivity index (χ0) is 13.5. The molecule has 0 aromatic rings. The van der Waals surface area contributed by atoms with Gasteiger partial charge in [-0.15, -0.1) is 0 Å².